The second-order valence-corrected chi connectivity index (χ2v) is 4.75. The van der Waals surface area contributed by atoms with Gasteiger partial charge in [0, 0.05) is 5.69 Å². The van der Waals surface area contributed by atoms with Crippen LogP contribution in [-0.2, 0) is 9.59 Å². The van der Waals surface area contributed by atoms with Crippen LogP contribution in [0.1, 0.15) is 16.7 Å². The zero-order chi connectivity index (χ0) is 16.7. The van der Waals surface area contributed by atoms with E-state index in [1.807, 2.05) is 25.1 Å². The predicted molar refractivity (Wildman–Crippen MR) is 86.7 cm³/mol. The molecular formula is C17H14N4O2. The minimum absolute atomic E-state index is 0.531. The summed E-state index contributed by atoms with van der Waals surface area (Å²) in [6, 6.07) is 15.7. The van der Waals surface area contributed by atoms with Gasteiger partial charge in [0.2, 0.25) is 0 Å². The molecule has 2 aromatic rings. The minimum Gasteiger partial charge on any atom is -0.318 e. The molecule has 0 atom stereocenters. The van der Waals surface area contributed by atoms with Gasteiger partial charge < -0.3 is 5.32 Å². The fourth-order valence-corrected chi connectivity index (χ4v) is 1.68. The maximum absolute atomic E-state index is 11.7. The van der Waals surface area contributed by atoms with E-state index in [0.717, 1.165) is 5.56 Å². The number of aryl methyl sites for hydroxylation is 1. The molecular weight excluding hydrogens is 292 g/mol. The van der Waals surface area contributed by atoms with Gasteiger partial charge in [-0.3, -0.25) is 9.59 Å². The van der Waals surface area contributed by atoms with Crippen molar-refractivity contribution < 1.29 is 9.59 Å². The lowest BCUT2D eigenvalue weighted by molar-refractivity contribution is -0.136. The zero-order valence-electron chi connectivity index (χ0n) is 12.4. The Balaban J connectivity index is 1.88. The summed E-state index contributed by atoms with van der Waals surface area (Å²) in [7, 11) is 0. The van der Waals surface area contributed by atoms with Crippen LogP contribution in [0.5, 0.6) is 0 Å². The van der Waals surface area contributed by atoms with Crippen LogP contribution in [0.4, 0.5) is 5.69 Å². The number of benzene rings is 2. The van der Waals surface area contributed by atoms with E-state index < -0.39 is 11.8 Å². The number of anilines is 1. The van der Waals surface area contributed by atoms with Gasteiger partial charge in [-0.2, -0.15) is 10.4 Å². The Bertz CT molecular complexity index is 772. The van der Waals surface area contributed by atoms with Crippen LogP contribution >= 0.6 is 0 Å². The predicted octanol–water partition coefficient (Wildman–Crippen LogP) is 1.96. The van der Waals surface area contributed by atoms with Gasteiger partial charge in [-0.05, 0) is 36.8 Å². The number of nitrogens with zero attached hydrogens (tertiary/aromatic N) is 2. The van der Waals surface area contributed by atoms with Crippen molar-refractivity contribution in [2.45, 2.75) is 6.92 Å². The molecule has 0 spiro atoms. The molecule has 6 heteroatoms. The summed E-state index contributed by atoms with van der Waals surface area (Å²) in [4.78, 5) is 23.3. The fourth-order valence-electron chi connectivity index (χ4n) is 1.68. The van der Waals surface area contributed by atoms with Crippen molar-refractivity contribution >= 4 is 23.7 Å². The molecule has 6 nitrogen and oxygen atoms in total. The highest BCUT2D eigenvalue weighted by molar-refractivity contribution is 6.39. The van der Waals surface area contributed by atoms with Crippen LogP contribution in [-0.4, -0.2) is 18.0 Å². The van der Waals surface area contributed by atoms with Gasteiger partial charge in [-0.1, -0.05) is 29.8 Å². The van der Waals surface area contributed by atoms with Gasteiger partial charge in [0.1, 0.15) is 0 Å². The van der Waals surface area contributed by atoms with Gasteiger partial charge in [0.15, 0.2) is 0 Å². The molecule has 0 fully saturated rings. The number of hydrogen-bond donors (Lipinski definition) is 2. The topological polar surface area (TPSA) is 94.3 Å². The van der Waals surface area contributed by atoms with Gasteiger partial charge >= 0.3 is 11.8 Å². The van der Waals surface area contributed by atoms with Crippen LogP contribution in [0.25, 0.3) is 0 Å². The van der Waals surface area contributed by atoms with E-state index in [1.165, 1.54) is 6.21 Å². The first-order valence-corrected chi connectivity index (χ1v) is 6.80. The molecule has 0 bridgehead atoms. The van der Waals surface area contributed by atoms with E-state index in [2.05, 4.69) is 15.8 Å². The van der Waals surface area contributed by atoms with Gasteiger partial charge in [-0.15, -0.1) is 0 Å². The van der Waals surface area contributed by atoms with Gasteiger partial charge in [0.05, 0.1) is 17.8 Å². The van der Waals surface area contributed by atoms with E-state index in [4.69, 9.17) is 5.26 Å². The molecule has 0 aliphatic carbocycles. The second kappa shape index (κ2) is 7.52. The minimum atomic E-state index is -0.865. The van der Waals surface area contributed by atoms with E-state index in [9.17, 15) is 9.59 Å². The third-order valence-electron chi connectivity index (χ3n) is 2.94. The Morgan fingerprint density at radius 2 is 1.70 bits per heavy atom. The summed E-state index contributed by atoms with van der Waals surface area (Å²) in [6.07, 6.45) is 1.39. The van der Waals surface area contributed by atoms with E-state index in [0.29, 0.717) is 16.8 Å². The summed E-state index contributed by atoms with van der Waals surface area (Å²) < 4.78 is 0. The maximum atomic E-state index is 11.7. The smallest absolute Gasteiger partial charge is 0.318 e. The lowest BCUT2D eigenvalue weighted by Crippen LogP contribution is -2.32. The lowest BCUT2D eigenvalue weighted by Gasteiger charge is -2.04. The molecule has 2 aromatic carbocycles. The van der Waals surface area contributed by atoms with E-state index >= 15 is 0 Å². The van der Waals surface area contributed by atoms with Crippen molar-refractivity contribution in [1.29, 1.82) is 5.26 Å². The lowest BCUT2D eigenvalue weighted by atomic mass is 10.2. The van der Waals surface area contributed by atoms with Crippen molar-refractivity contribution in [1.82, 2.24) is 5.43 Å². The quantitative estimate of drug-likeness (QED) is 0.515. The van der Waals surface area contributed by atoms with Gasteiger partial charge in [-0.25, -0.2) is 5.43 Å². The number of hydrogen-bond acceptors (Lipinski definition) is 4. The third-order valence-corrected chi connectivity index (χ3v) is 2.94. The molecule has 0 heterocycles. The highest BCUT2D eigenvalue weighted by atomic mass is 16.2. The highest BCUT2D eigenvalue weighted by Gasteiger charge is 2.12. The van der Waals surface area contributed by atoms with Crippen LogP contribution in [0.2, 0.25) is 0 Å². The molecule has 2 amide bonds. The number of rotatable bonds is 3. The van der Waals surface area contributed by atoms with E-state index in [-0.39, 0.29) is 0 Å². The molecule has 0 saturated carbocycles. The second-order valence-electron chi connectivity index (χ2n) is 4.75. The molecule has 23 heavy (non-hydrogen) atoms. The van der Waals surface area contributed by atoms with Crippen LogP contribution in [0.15, 0.2) is 53.6 Å². The first-order valence-electron chi connectivity index (χ1n) is 6.80. The number of hydrazone groups is 1. The number of carbonyl (C=O) groups excluding carboxylic acids is 2. The van der Waals surface area contributed by atoms with Crippen molar-refractivity contribution in [2.75, 3.05) is 5.32 Å². The number of nitrogens with one attached hydrogen (secondary N) is 2. The fraction of sp³-hybridized carbons (Fsp3) is 0.0588. The molecule has 2 N–H and O–H groups in total. The monoisotopic (exact) mass is 306 g/mol. The zero-order valence-corrected chi connectivity index (χ0v) is 12.4. The summed E-state index contributed by atoms with van der Waals surface area (Å²) in [5.41, 5.74) is 4.96. The number of amides is 2. The molecule has 114 valence electrons. The number of nitriles is 1. The summed E-state index contributed by atoms with van der Waals surface area (Å²) in [5.74, 6) is -1.67. The van der Waals surface area contributed by atoms with Crippen molar-refractivity contribution in [3.8, 4) is 6.07 Å². The third kappa shape index (κ3) is 4.79. The Morgan fingerprint density at radius 1 is 1.04 bits per heavy atom. The average Bonchev–Trinajstić information content (AvgIpc) is 2.57. The molecule has 0 aliphatic rings. The molecule has 2 rings (SSSR count). The first kappa shape index (κ1) is 15.9. The molecule has 0 radical (unpaired) electrons. The Morgan fingerprint density at radius 3 is 2.30 bits per heavy atom. The van der Waals surface area contributed by atoms with Crippen molar-refractivity contribution in [3.05, 3.63) is 65.2 Å². The van der Waals surface area contributed by atoms with E-state index in [1.54, 1.807) is 36.4 Å². The highest BCUT2D eigenvalue weighted by Crippen LogP contribution is 2.08. The summed E-state index contributed by atoms with van der Waals surface area (Å²) in [5, 5.41) is 14.9. The Kier molecular flexibility index (Phi) is 5.21. The normalized spacial score (nSPS) is 10.1. The number of carbonyl (C=O) groups is 2. The Labute approximate surface area is 133 Å². The first-order chi connectivity index (χ1) is 11.1. The summed E-state index contributed by atoms with van der Waals surface area (Å²) >= 11 is 0. The van der Waals surface area contributed by atoms with Crippen molar-refractivity contribution in [3.63, 3.8) is 0 Å². The van der Waals surface area contributed by atoms with Crippen LogP contribution in [0.3, 0.4) is 0 Å². The largest absolute Gasteiger partial charge is 0.329 e. The molecule has 0 saturated heterocycles. The maximum Gasteiger partial charge on any atom is 0.329 e. The van der Waals surface area contributed by atoms with Gasteiger partial charge in [0.25, 0.3) is 0 Å². The standard InChI is InChI=1S/C17H14N4O2/c1-12-2-8-15(9-3-12)20-16(22)17(23)21-19-11-14-6-4-13(10-18)5-7-14/h2-9,11H,1H3,(H,20,22)(H,21,23)/b19-11-. The summed E-state index contributed by atoms with van der Waals surface area (Å²) in [6.45, 7) is 1.93. The molecule has 0 aromatic heterocycles. The Hall–Kier alpha value is -3.46. The molecule has 0 unspecified atom stereocenters. The average molecular weight is 306 g/mol. The van der Waals surface area contributed by atoms with Crippen LogP contribution in [0, 0.1) is 18.3 Å². The van der Waals surface area contributed by atoms with Crippen molar-refractivity contribution in [2.24, 2.45) is 5.10 Å². The molecule has 0 aliphatic heterocycles. The van der Waals surface area contributed by atoms with Crippen LogP contribution < -0.4 is 10.7 Å². The SMILES string of the molecule is Cc1ccc(NC(=O)C(=O)N/N=C\c2ccc(C#N)cc2)cc1.